The number of amides is 2. The fourth-order valence-electron chi connectivity index (χ4n) is 2.70. The Morgan fingerprint density at radius 2 is 2.26 bits per heavy atom. The Kier molecular flexibility index (Phi) is 5.96. The van der Waals surface area contributed by atoms with Crippen LogP contribution in [-0.2, 0) is 9.59 Å². The number of carbonyl (C=O) groups is 2. The highest BCUT2D eigenvalue weighted by Crippen LogP contribution is 2.16. The van der Waals surface area contributed by atoms with Gasteiger partial charge < -0.3 is 15.0 Å². The molecule has 1 aromatic rings. The van der Waals surface area contributed by atoms with Crippen LogP contribution in [0.1, 0.15) is 33.1 Å². The second-order valence-corrected chi connectivity index (χ2v) is 5.79. The minimum atomic E-state index is -0.429. The Morgan fingerprint density at radius 1 is 1.48 bits per heavy atom. The Morgan fingerprint density at radius 3 is 2.87 bits per heavy atom. The zero-order chi connectivity index (χ0) is 16.8. The number of likely N-dealkylation sites (tertiary alicyclic amines) is 1. The molecule has 1 fully saturated rings. The van der Waals surface area contributed by atoms with E-state index in [-0.39, 0.29) is 30.3 Å². The minimum Gasteiger partial charge on any atom is -0.491 e. The standard InChI is InChI=1S/C17H23FN2O3/c1-3-15(20-9-5-8-16(20)21)17(22)19-12(2)11-23-14-7-4-6-13(18)10-14/h4,6-7,10,12,15H,3,5,8-9,11H2,1-2H3,(H,19,22)/t12-,15+/m0/s1. The van der Waals surface area contributed by atoms with Crippen LogP contribution in [0, 0.1) is 5.82 Å². The van der Waals surface area contributed by atoms with Gasteiger partial charge in [-0.2, -0.15) is 0 Å². The molecular formula is C17H23FN2O3. The number of carbonyl (C=O) groups excluding carboxylic acids is 2. The fourth-order valence-corrected chi connectivity index (χ4v) is 2.70. The molecule has 5 nitrogen and oxygen atoms in total. The molecular weight excluding hydrogens is 299 g/mol. The average molecular weight is 322 g/mol. The number of hydrogen-bond acceptors (Lipinski definition) is 3. The van der Waals surface area contributed by atoms with Crippen LogP contribution >= 0.6 is 0 Å². The minimum absolute atomic E-state index is 0.0377. The number of ether oxygens (including phenoxy) is 1. The normalized spacial score (nSPS) is 17.0. The van der Waals surface area contributed by atoms with E-state index in [4.69, 9.17) is 4.74 Å². The van der Waals surface area contributed by atoms with Crippen LogP contribution in [0.15, 0.2) is 24.3 Å². The van der Waals surface area contributed by atoms with Crippen molar-refractivity contribution < 1.29 is 18.7 Å². The van der Waals surface area contributed by atoms with Gasteiger partial charge in [0.2, 0.25) is 11.8 Å². The molecule has 126 valence electrons. The van der Waals surface area contributed by atoms with Gasteiger partial charge in [0.05, 0.1) is 6.04 Å². The molecule has 0 aliphatic carbocycles. The van der Waals surface area contributed by atoms with Crippen molar-refractivity contribution in [1.29, 1.82) is 0 Å². The SMILES string of the molecule is CC[C@H](C(=O)N[C@@H](C)COc1cccc(F)c1)N1CCCC1=O. The molecule has 0 saturated carbocycles. The summed E-state index contributed by atoms with van der Waals surface area (Å²) in [7, 11) is 0. The van der Waals surface area contributed by atoms with Crippen molar-refractivity contribution in [2.75, 3.05) is 13.2 Å². The van der Waals surface area contributed by atoms with E-state index in [0.29, 0.717) is 25.1 Å². The number of nitrogens with zero attached hydrogens (tertiary/aromatic N) is 1. The summed E-state index contributed by atoms with van der Waals surface area (Å²) in [6.45, 7) is 4.58. The highest BCUT2D eigenvalue weighted by atomic mass is 19.1. The number of halogens is 1. The third kappa shape index (κ3) is 4.68. The van der Waals surface area contributed by atoms with Gasteiger partial charge in [0.15, 0.2) is 0 Å². The fraction of sp³-hybridized carbons (Fsp3) is 0.529. The molecule has 2 amide bonds. The van der Waals surface area contributed by atoms with E-state index >= 15 is 0 Å². The van der Waals surface area contributed by atoms with Crippen LogP contribution in [0.5, 0.6) is 5.75 Å². The van der Waals surface area contributed by atoms with Gasteiger partial charge in [-0.15, -0.1) is 0 Å². The summed E-state index contributed by atoms with van der Waals surface area (Å²) in [6.07, 6.45) is 1.90. The van der Waals surface area contributed by atoms with Gasteiger partial charge in [0.25, 0.3) is 0 Å². The molecule has 1 aromatic carbocycles. The maximum absolute atomic E-state index is 13.1. The summed E-state index contributed by atoms with van der Waals surface area (Å²) in [4.78, 5) is 25.8. The average Bonchev–Trinajstić information content (AvgIpc) is 2.92. The van der Waals surface area contributed by atoms with E-state index in [2.05, 4.69) is 5.32 Å². The highest BCUT2D eigenvalue weighted by molar-refractivity contribution is 5.88. The van der Waals surface area contributed by atoms with E-state index in [1.54, 1.807) is 17.0 Å². The maximum atomic E-state index is 13.1. The summed E-state index contributed by atoms with van der Waals surface area (Å²) in [5.41, 5.74) is 0. The second-order valence-electron chi connectivity index (χ2n) is 5.79. The number of nitrogens with one attached hydrogen (secondary N) is 1. The molecule has 23 heavy (non-hydrogen) atoms. The van der Waals surface area contributed by atoms with Crippen LogP contribution in [-0.4, -0.2) is 41.9 Å². The van der Waals surface area contributed by atoms with Gasteiger partial charge in [-0.3, -0.25) is 9.59 Å². The van der Waals surface area contributed by atoms with E-state index in [1.807, 2.05) is 13.8 Å². The molecule has 0 spiro atoms. The van der Waals surface area contributed by atoms with E-state index in [0.717, 1.165) is 6.42 Å². The van der Waals surface area contributed by atoms with Gasteiger partial charge in [-0.1, -0.05) is 13.0 Å². The summed E-state index contributed by atoms with van der Waals surface area (Å²) in [6, 6.07) is 5.21. The summed E-state index contributed by atoms with van der Waals surface area (Å²) < 4.78 is 18.5. The third-order valence-electron chi connectivity index (χ3n) is 3.86. The van der Waals surface area contributed by atoms with Crippen molar-refractivity contribution in [3.05, 3.63) is 30.1 Å². The molecule has 0 bridgehead atoms. The van der Waals surface area contributed by atoms with Crippen molar-refractivity contribution in [2.24, 2.45) is 0 Å². The predicted molar refractivity (Wildman–Crippen MR) is 84.5 cm³/mol. The smallest absolute Gasteiger partial charge is 0.243 e. The molecule has 2 rings (SSSR count). The zero-order valence-electron chi connectivity index (χ0n) is 13.5. The van der Waals surface area contributed by atoms with Gasteiger partial charge in [-0.05, 0) is 31.9 Å². The molecule has 1 N–H and O–H groups in total. The third-order valence-corrected chi connectivity index (χ3v) is 3.86. The monoisotopic (exact) mass is 322 g/mol. The Bertz CT molecular complexity index is 565. The number of hydrogen-bond donors (Lipinski definition) is 1. The molecule has 0 radical (unpaired) electrons. The first-order chi connectivity index (χ1) is 11.0. The van der Waals surface area contributed by atoms with Crippen LogP contribution in [0.3, 0.4) is 0 Å². The van der Waals surface area contributed by atoms with Gasteiger partial charge in [0, 0.05) is 19.0 Å². The van der Waals surface area contributed by atoms with Crippen LogP contribution < -0.4 is 10.1 Å². The predicted octanol–water partition coefficient (Wildman–Crippen LogP) is 2.11. The molecule has 2 atom stereocenters. The van der Waals surface area contributed by atoms with Crippen molar-refractivity contribution in [2.45, 2.75) is 45.2 Å². The Labute approximate surface area is 135 Å². The number of rotatable bonds is 7. The molecule has 1 saturated heterocycles. The molecule has 1 aliphatic heterocycles. The molecule has 0 unspecified atom stereocenters. The van der Waals surface area contributed by atoms with Crippen LogP contribution in [0.2, 0.25) is 0 Å². The van der Waals surface area contributed by atoms with Crippen molar-refractivity contribution in [3.8, 4) is 5.75 Å². The quantitative estimate of drug-likeness (QED) is 0.836. The Hall–Kier alpha value is -2.11. The van der Waals surface area contributed by atoms with Crippen LogP contribution in [0.4, 0.5) is 4.39 Å². The second kappa shape index (κ2) is 7.94. The lowest BCUT2D eigenvalue weighted by Crippen LogP contribution is -2.50. The lowest BCUT2D eigenvalue weighted by atomic mass is 10.1. The molecule has 1 heterocycles. The van der Waals surface area contributed by atoms with Crippen LogP contribution in [0.25, 0.3) is 0 Å². The largest absolute Gasteiger partial charge is 0.491 e. The zero-order valence-corrected chi connectivity index (χ0v) is 13.5. The van der Waals surface area contributed by atoms with Crippen molar-refractivity contribution in [3.63, 3.8) is 0 Å². The molecule has 1 aliphatic rings. The van der Waals surface area contributed by atoms with E-state index in [1.165, 1.54) is 12.1 Å². The highest BCUT2D eigenvalue weighted by Gasteiger charge is 2.31. The van der Waals surface area contributed by atoms with E-state index < -0.39 is 6.04 Å². The first-order valence-corrected chi connectivity index (χ1v) is 7.99. The van der Waals surface area contributed by atoms with Gasteiger partial charge in [-0.25, -0.2) is 4.39 Å². The molecule has 0 aromatic heterocycles. The van der Waals surface area contributed by atoms with E-state index in [9.17, 15) is 14.0 Å². The lowest BCUT2D eigenvalue weighted by molar-refractivity contribution is -0.137. The van der Waals surface area contributed by atoms with Gasteiger partial charge in [0.1, 0.15) is 24.2 Å². The Balaban J connectivity index is 1.84. The maximum Gasteiger partial charge on any atom is 0.243 e. The van der Waals surface area contributed by atoms with Gasteiger partial charge >= 0.3 is 0 Å². The summed E-state index contributed by atoms with van der Waals surface area (Å²) in [5, 5.41) is 2.86. The first kappa shape index (κ1) is 17.2. The van der Waals surface area contributed by atoms with Crippen molar-refractivity contribution in [1.82, 2.24) is 10.2 Å². The van der Waals surface area contributed by atoms with Crippen molar-refractivity contribution >= 4 is 11.8 Å². The summed E-state index contributed by atoms with van der Waals surface area (Å²) in [5.74, 6) is -0.0700. The number of benzene rings is 1. The topological polar surface area (TPSA) is 58.6 Å². The lowest BCUT2D eigenvalue weighted by Gasteiger charge is -2.27. The first-order valence-electron chi connectivity index (χ1n) is 7.99. The molecule has 6 heteroatoms. The summed E-state index contributed by atoms with van der Waals surface area (Å²) >= 11 is 0.